The summed E-state index contributed by atoms with van der Waals surface area (Å²) in [5.41, 5.74) is 7.84. The number of rotatable bonds is 3. The van der Waals surface area contributed by atoms with Gasteiger partial charge in [-0.3, -0.25) is 4.90 Å². The Morgan fingerprint density at radius 3 is 2.81 bits per heavy atom. The van der Waals surface area contributed by atoms with Crippen LogP contribution in [0.4, 0.5) is 0 Å². The Kier molecular flexibility index (Phi) is 4.44. The minimum atomic E-state index is 0.211. The normalized spacial score (nSPS) is 27.3. The van der Waals surface area contributed by atoms with E-state index >= 15 is 0 Å². The molecule has 1 heterocycles. The first-order valence-corrected chi connectivity index (χ1v) is 8.09. The Balaban J connectivity index is 1.79. The number of piperidine rings is 1. The number of oxime groups is 1. The standard InChI is InChI=1S/C17H25N3O/c18-17(19-21)15-9-3-1-7-14(15)12-20-11-5-8-13-6-2-4-10-16(13)20/h1,3,7,9,13,16,21H,2,4-6,8,10-12H2,(H2,18,19). The van der Waals surface area contributed by atoms with Crippen LogP contribution in [0.15, 0.2) is 29.4 Å². The molecule has 0 aromatic heterocycles. The monoisotopic (exact) mass is 287 g/mol. The third-order valence-electron chi connectivity index (χ3n) is 5.13. The number of benzene rings is 1. The van der Waals surface area contributed by atoms with Crippen LogP contribution in [0.1, 0.15) is 49.7 Å². The summed E-state index contributed by atoms with van der Waals surface area (Å²) in [6.07, 6.45) is 8.17. The first-order chi connectivity index (χ1) is 10.3. The van der Waals surface area contributed by atoms with Crippen molar-refractivity contribution >= 4 is 5.84 Å². The number of amidine groups is 1. The van der Waals surface area contributed by atoms with Crippen LogP contribution in [-0.2, 0) is 6.54 Å². The van der Waals surface area contributed by atoms with Gasteiger partial charge in [-0.25, -0.2) is 0 Å². The van der Waals surface area contributed by atoms with E-state index in [2.05, 4.69) is 16.1 Å². The Morgan fingerprint density at radius 1 is 1.19 bits per heavy atom. The Morgan fingerprint density at radius 2 is 1.95 bits per heavy atom. The van der Waals surface area contributed by atoms with Crippen molar-refractivity contribution < 1.29 is 5.21 Å². The molecule has 1 aliphatic heterocycles. The highest BCUT2D eigenvalue weighted by Crippen LogP contribution is 2.36. The SMILES string of the molecule is N/C(=N\O)c1ccccc1CN1CCCC2CCCCC21. The molecule has 4 heteroatoms. The molecule has 4 nitrogen and oxygen atoms in total. The molecule has 2 unspecified atom stereocenters. The van der Waals surface area contributed by atoms with Crippen molar-refractivity contribution in [3.05, 3.63) is 35.4 Å². The van der Waals surface area contributed by atoms with Gasteiger partial charge in [-0.05, 0) is 43.7 Å². The molecule has 21 heavy (non-hydrogen) atoms. The van der Waals surface area contributed by atoms with Crippen LogP contribution >= 0.6 is 0 Å². The highest BCUT2D eigenvalue weighted by Gasteiger charge is 2.33. The van der Waals surface area contributed by atoms with Gasteiger partial charge in [-0.1, -0.05) is 42.3 Å². The molecule has 0 radical (unpaired) electrons. The van der Waals surface area contributed by atoms with Gasteiger partial charge in [0.15, 0.2) is 5.84 Å². The van der Waals surface area contributed by atoms with E-state index < -0.39 is 0 Å². The smallest absolute Gasteiger partial charge is 0.170 e. The van der Waals surface area contributed by atoms with Crippen LogP contribution in [0.2, 0.25) is 0 Å². The first-order valence-electron chi connectivity index (χ1n) is 8.09. The molecular weight excluding hydrogens is 262 g/mol. The lowest BCUT2D eigenvalue weighted by atomic mass is 9.78. The van der Waals surface area contributed by atoms with E-state index in [1.807, 2.05) is 18.2 Å². The molecule has 0 amide bonds. The van der Waals surface area contributed by atoms with Crippen molar-refractivity contribution in [2.24, 2.45) is 16.8 Å². The lowest BCUT2D eigenvalue weighted by molar-refractivity contribution is 0.0546. The Labute approximate surface area is 126 Å². The summed E-state index contributed by atoms with van der Waals surface area (Å²) in [4.78, 5) is 2.62. The third-order valence-corrected chi connectivity index (χ3v) is 5.13. The molecule has 1 aromatic rings. The predicted molar refractivity (Wildman–Crippen MR) is 84.3 cm³/mol. The van der Waals surface area contributed by atoms with E-state index in [-0.39, 0.29) is 5.84 Å². The van der Waals surface area contributed by atoms with Crippen LogP contribution in [-0.4, -0.2) is 28.5 Å². The topological polar surface area (TPSA) is 61.9 Å². The lowest BCUT2D eigenvalue weighted by Gasteiger charge is -2.44. The summed E-state index contributed by atoms with van der Waals surface area (Å²) in [7, 11) is 0. The average Bonchev–Trinajstić information content (AvgIpc) is 2.55. The summed E-state index contributed by atoms with van der Waals surface area (Å²) >= 11 is 0. The summed E-state index contributed by atoms with van der Waals surface area (Å²) in [6, 6.07) is 8.74. The molecule has 2 aliphatic rings. The fourth-order valence-electron chi connectivity index (χ4n) is 4.10. The maximum atomic E-state index is 8.96. The largest absolute Gasteiger partial charge is 0.409 e. The maximum absolute atomic E-state index is 8.96. The molecular formula is C17H25N3O. The zero-order valence-corrected chi connectivity index (χ0v) is 12.5. The van der Waals surface area contributed by atoms with Gasteiger partial charge in [-0.15, -0.1) is 0 Å². The second-order valence-electron chi connectivity index (χ2n) is 6.37. The number of hydrogen-bond donors (Lipinski definition) is 2. The first kappa shape index (κ1) is 14.4. The predicted octanol–water partition coefficient (Wildman–Crippen LogP) is 2.94. The molecule has 1 saturated heterocycles. The molecule has 0 bridgehead atoms. The molecule has 1 aliphatic carbocycles. The van der Waals surface area contributed by atoms with E-state index in [1.165, 1.54) is 50.6 Å². The van der Waals surface area contributed by atoms with E-state index in [1.54, 1.807) is 0 Å². The van der Waals surface area contributed by atoms with Gasteiger partial charge in [0.25, 0.3) is 0 Å². The van der Waals surface area contributed by atoms with Gasteiger partial charge in [0.05, 0.1) is 0 Å². The van der Waals surface area contributed by atoms with Crippen molar-refractivity contribution in [2.75, 3.05) is 6.54 Å². The van der Waals surface area contributed by atoms with Crippen molar-refractivity contribution in [2.45, 2.75) is 51.1 Å². The molecule has 0 spiro atoms. The lowest BCUT2D eigenvalue weighted by Crippen LogP contribution is -2.46. The van der Waals surface area contributed by atoms with Crippen LogP contribution < -0.4 is 5.73 Å². The van der Waals surface area contributed by atoms with Crippen molar-refractivity contribution in [1.82, 2.24) is 4.90 Å². The number of nitrogens with two attached hydrogens (primary N) is 1. The quantitative estimate of drug-likeness (QED) is 0.389. The summed E-state index contributed by atoms with van der Waals surface area (Å²) in [6.45, 7) is 2.08. The van der Waals surface area contributed by atoms with Gasteiger partial charge in [0.1, 0.15) is 0 Å². The van der Waals surface area contributed by atoms with Crippen molar-refractivity contribution in [1.29, 1.82) is 0 Å². The molecule has 2 atom stereocenters. The minimum Gasteiger partial charge on any atom is -0.409 e. The van der Waals surface area contributed by atoms with E-state index in [9.17, 15) is 0 Å². The number of fused-ring (bicyclic) bond motifs is 1. The fraction of sp³-hybridized carbons (Fsp3) is 0.588. The highest BCUT2D eigenvalue weighted by molar-refractivity contribution is 5.98. The zero-order valence-electron chi connectivity index (χ0n) is 12.5. The van der Waals surface area contributed by atoms with Gasteiger partial charge in [0, 0.05) is 18.2 Å². The Bertz CT molecular complexity index is 513. The molecule has 3 N–H and O–H groups in total. The van der Waals surface area contributed by atoms with Crippen molar-refractivity contribution in [3.63, 3.8) is 0 Å². The van der Waals surface area contributed by atoms with Crippen molar-refractivity contribution in [3.8, 4) is 0 Å². The van der Waals surface area contributed by atoms with Crippen LogP contribution in [0.5, 0.6) is 0 Å². The highest BCUT2D eigenvalue weighted by atomic mass is 16.4. The average molecular weight is 287 g/mol. The number of hydrogen-bond acceptors (Lipinski definition) is 3. The summed E-state index contributed by atoms with van der Waals surface area (Å²) in [5, 5.41) is 12.1. The number of nitrogens with zero attached hydrogens (tertiary/aromatic N) is 2. The maximum Gasteiger partial charge on any atom is 0.170 e. The van der Waals surface area contributed by atoms with E-state index in [0.717, 1.165) is 24.1 Å². The van der Waals surface area contributed by atoms with E-state index in [0.29, 0.717) is 0 Å². The van der Waals surface area contributed by atoms with E-state index in [4.69, 9.17) is 10.9 Å². The van der Waals surface area contributed by atoms with Crippen LogP contribution in [0.3, 0.4) is 0 Å². The van der Waals surface area contributed by atoms with Gasteiger partial charge in [0.2, 0.25) is 0 Å². The van der Waals surface area contributed by atoms with Gasteiger partial charge in [-0.2, -0.15) is 0 Å². The molecule has 1 aromatic carbocycles. The number of likely N-dealkylation sites (tertiary alicyclic amines) is 1. The summed E-state index contributed by atoms with van der Waals surface area (Å²) in [5.74, 6) is 1.09. The fourth-order valence-corrected chi connectivity index (χ4v) is 4.10. The molecule has 114 valence electrons. The molecule has 1 saturated carbocycles. The second kappa shape index (κ2) is 6.48. The van der Waals surface area contributed by atoms with Crippen LogP contribution in [0, 0.1) is 5.92 Å². The van der Waals surface area contributed by atoms with Crippen LogP contribution in [0.25, 0.3) is 0 Å². The molecule has 3 rings (SSSR count). The van der Waals surface area contributed by atoms with Gasteiger partial charge < -0.3 is 10.9 Å². The summed E-state index contributed by atoms with van der Waals surface area (Å²) < 4.78 is 0. The third kappa shape index (κ3) is 3.05. The Hall–Kier alpha value is -1.55. The van der Waals surface area contributed by atoms with Gasteiger partial charge >= 0.3 is 0 Å². The minimum absolute atomic E-state index is 0.211. The second-order valence-corrected chi connectivity index (χ2v) is 6.37. The molecule has 2 fully saturated rings. The zero-order chi connectivity index (χ0) is 14.7.